The van der Waals surface area contributed by atoms with Gasteiger partial charge < -0.3 is 19.5 Å². The van der Waals surface area contributed by atoms with E-state index in [2.05, 4.69) is 15.2 Å². The lowest BCUT2D eigenvalue weighted by atomic mass is 10.1. The van der Waals surface area contributed by atoms with Crippen LogP contribution in [-0.2, 0) is 6.54 Å². The average molecular weight is 409 g/mol. The molecule has 30 heavy (non-hydrogen) atoms. The summed E-state index contributed by atoms with van der Waals surface area (Å²) in [6.45, 7) is 4.60. The Hall–Kier alpha value is -3.19. The monoisotopic (exact) mass is 408 g/mol. The maximum absolute atomic E-state index is 12.8. The number of ether oxygens (including phenoxy) is 1. The van der Waals surface area contributed by atoms with Crippen molar-refractivity contribution in [1.29, 1.82) is 0 Å². The molecule has 1 atom stereocenters. The number of benzene rings is 2. The molecule has 1 heterocycles. The molecule has 158 valence electrons. The van der Waals surface area contributed by atoms with E-state index < -0.39 is 0 Å². The van der Waals surface area contributed by atoms with E-state index in [0.717, 1.165) is 16.8 Å². The minimum atomic E-state index is -0.180. The van der Waals surface area contributed by atoms with Crippen LogP contribution < -0.4 is 15.6 Å². The predicted octanol–water partition coefficient (Wildman–Crippen LogP) is 2.77. The van der Waals surface area contributed by atoms with Gasteiger partial charge in [0.25, 0.3) is 11.5 Å². The molecule has 0 aliphatic rings. The molecule has 2 aromatic carbocycles. The topological polar surface area (TPSA) is 76.5 Å². The fourth-order valence-electron chi connectivity index (χ4n) is 3.57. The van der Waals surface area contributed by atoms with E-state index in [4.69, 9.17) is 4.74 Å². The number of hydrogen-bond donors (Lipinski definition) is 1. The van der Waals surface area contributed by atoms with Gasteiger partial charge in [-0.25, -0.2) is 4.98 Å². The zero-order chi connectivity index (χ0) is 21.8. The van der Waals surface area contributed by atoms with Crippen molar-refractivity contribution in [2.45, 2.75) is 26.4 Å². The molecule has 0 aliphatic heterocycles. The molecule has 0 saturated heterocycles. The van der Waals surface area contributed by atoms with Gasteiger partial charge in [-0.1, -0.05) is 12.1 Å². The summed E-state index contributed by atoms with van der Waals surface area (Å²) in [7, 11) is 5.59. The van der Waals surface area contributed by atoms with Crippen molar-refractivity contribution in [3.8, 4) is 5.75 Å². The van der Waals surface area contributed by atoms with Crippen LogP contribution in [0.25, 0.3) is 11.0 Å². The second-order valence-electron chi connectivity index (χ2n) is 7.42. The normalized spacial score (nSPS) is 12.2. The number of nitrogens with one attached hydrogen (secondary N) is 1. The smallest absolute Gasteiger partial charge is 0.272 e. The van der Waals surface area contributed by atoms with Crippen LogP contribution in [0.2, 0.25) is 0 Å². The third kappa shape index (κ3) is 4.36. The first-order chi connectivity index (χ1) is 14.3. The lowest BCUT2D eigenvalue weighted by Crippen LogP contribution is -2.34. The number of aryl methyl sites for hydroxylation is 2. The number of aromatic nitrogens is 2. The molecule has 0 aliphatic carbocycles. The van der Waals surface area contributed by atoms with Crippen molar-refractivity contribution in [2.75, 3.05) is 27.7 Å². The number of hydrogen-bond acceptors (Lipinski definition) is 5. The quantitative estimate of drug-likeness (QED) is 0.651. The summed E-state index contributed by atoms with van der Waals surface area (Å²) < 4.78 is 6.99. The molecule has 0 radical (unpaired) electrons. The maximum atomic E-state index is 12.8. The lowest BCUT2D eigenvalue weighted by Gasteiger charge is -2.25. The van der Waals surface area contributed by atoms with E-state index in [-0.39, 0.29) is 17.5 Å². The molecule has 0 saturated carbocycles. The van der Waals surface area contributed by atoms with Gasteiger partial charge in [-0.2, -0.15) is 0 Å². The van der Waals surface area contributed by atoms with E-state index in [9.17, 15) is 9.59 Å². The molecule has 7 nitrogen and oxygen atoms in total. The third-order valence-corrected chi connectivity index (χ3v) is 5.25. The van der Waals surface area contributed by atoms with Gasteiger partial charge in [0.2, 0.25) is 0 Å². The number of carbonyl (C=O) groups is 1. The number of likely N-dealkylation sites (N-methyl/N-ethyl adjacent to an activating group) is 1. The highest BCUT2D eigenvalue weighted by Crippen LogP contribution is 2.22. The number of carbonyl (C=O) groups excluding carboxylic acids is 1. The van der Waals surface area contributed by atoms with Crippen molar-refractivity contribution in [1.82, 2.24) is 19.8 Å². The van der Waals surface area contributed by atoms with Crippen molar-refractivity contribution in [2.24, 2.45) is 0 Å². The summed E-state index contributed by atoms with van der Waals surface area (Å²) in [6, 6.07) is 13.1. The second-order valence-corrected chi connectivity index (χ2v) is 7.42. The molecule has 1 N–H and O–H groups in total. The zero-order valence-corrected chi connectivity index (χ0v) is 18.1. The molecule has 7 heteroatoms. The van der Waals surface area contributed by atoms with Gasteiger partial charge in [0.1, 0.15) is 11.4 Å². The van der Waals surface area contributed by atoms with Crippen LogP contribution in [0.3, 0.4) is 0 Å². The molecular formula is C23H28N4O3. The number of amides is 1. The van der Waals surface area contributed by atoms with Crippen molar-refractivity contribution < 1.29 is 9.53 Å². The first-order valence-electron chi connectivity index (χ1n) is 9.95. The van der Waals surface area contributed by atoms with E-state index in [1.165, 1.54) is 0 Å². The zero-order valence-electron chi connectivity index (χ0n) is 18.1. The molecule has 0 fully saturated rings. The summed E-state index contributed by atoms with van der Waals surface area (Å²) in [5.74, 6) is 0.601. The molecule has 0 spiro atoms. The number of rotatable bonds is 7. The van der Waals surface area contributed by atoms with Gasteiger partial charge in [0.15, 0.2) is 0 Å². The minimum absolute atomic E-state index is 0.00449. The molecule has 1 aromatic heterocycles. The maximum Gasteiger partial charge on any atom is 0.272 e. The van der Waals surface area contributed by atoms with Crippen molar-refractivity contribution >= 4 is 16.9 Å². The minimum Gasteiger partial charge on any atom is -0.497 e. The van der Waals surface area contributed by atoms with E-state index in [1.54, 1.807) is 36.8 Å². The summed E-state index contributed by atoms with van der Waals surface area (Å²) >= 11 is 0. The first-order valence-corrected chi connectivity index (χ1v) is 9.95. The molecule has 3 rings (SSSR count). The van der Waals surface area contributed by atoms with Gasteiger partial charge in [-0.3, -0.25) is 9.59 Å². The van der Waals surface area contributed by atoms with Crippen LogP contribution in [0.15, 0.2) is 47.3 Å². The van der Waals surface area contributed by atoms with Gasteiger partial charge in [0, 0.05) is 18.7 Å². The first kappa shape index (κ1) is 21.5. The highest BCUT2D eigenvalue weighted by Gasteiger charge is 2.17. The largest absolute Gasteiger partial charge is 0.497 e. The Bertz CT molecular complexity index is 1120. The highest BCUT2D eigenvalue weighted by atomic mass is 16.5. The number of fused-ring (bicyclic) bond motifs is 1. The van der Waals surface area contributed by atoms with Gasteiger partial charge >= 0.3 is 0 Å². The standard InChI is InChI=1S/C23H28N4O3/c1-6-27-20-11-10-17(13-19(20)25-15(2)23(27)29)22(28)24-14-21(26(3)4)16-8-7-9-18(12-16)30-5/h7-13,21H,6,14H2,1-5H3,(H,24,28). The Morgan fingerprint density at radius 2 is 2.00 bits per heavy atom. The number of methoxy groups -OCH3 is 1. The van der Waals surface area contributed by atoms with Gasteiger partial charge in [-0.05, 0) is 63.8 Å². The summed E-state index contributed by atoms with van der Waals surface area (Å²) in [5, 5.41) is 3.02. The fraction of sp³-hybridized carbons (Fsp3) is 0.348. The van der Waals surface area contributed by atoms with Crippen LogP contribution >= 0.6 is 0 Å². The highest BCUT2D eigenvalue weighted by molar-refractivity contribution is 5.97. The Morgan fingerprint density at radius 1 is 1.23 bits per heavy atom. The second kappa shape index (κ2) is 9.09. The van der Waals surface area contributed by atoms with Crippen LogP contribution in [0.4, 0.5) is 0 Å². The Kier molecular flexibility index (Phi) is 6.52. The molecular weight excluding hydrogens is 380 g/mol. The van der Waals surface area contributed by atoms with Gasteiger partial charge in [-0.15, -0.1) is 0 Å². The SMILES string of the molecule is CCn1c(=O)c(C)nc2cc(C(=O)NCC(c3cccc(OC)c3)N(C)C)ccc21. The summed E-state index contributed by atoms with van der Waals surface area (Å²) in [6.07, 6.45) is 0. The van der Waals surface area contributed by atoms with E-state index in [0.29, 0.717) is 29.9 Å². The van der Waals surface area contributed by atoms with Crippen molar-refractivity contribution in [3.63, 3.8) is 0 Å². The van der Waals surface area contributed by atoms with Crippen LogP contribution in [0.1, 0.15) is 34.6 Å². The molecule has 0 bridgehead atoms. The average Bonchev–Trinajstić information content (AvgIpc) is 2.74. The van der Waals surface area contributed by atoms with E-state index in [1.807, 2.05) is 45.3 Å². The molecule has 3 aromatic rings. The molecule has 1 amide bonds. The Morgan fingerprint density at radius 3 is 2.67 bits per heavy atom. The predicted molar refractivity (Wildman–Crippen MR) is 118 cm³/mol. The van der Waals surface area contributed by atoms with Crippen LogP contribution in [-0.4, -0.2) is 48.1 Å². The Balaban J connectivity index is 1.83. The number of nitrogens with zero attached hydrogens (tertiary/aromatic N) is 3. The van der Waals surface area contributed by atoms with Gasteiger partial charge in [0.05, 0.1) is 24.2 Å². The fourth-order valence-corrected chi connectivity index (χ4v) is 3.57. The third-order valence-electron chi connectivity index (χ3n) is 5.25. The summed E-state index contributed by atoms with van der Waals surface area (Å²) in [4.78, 5) is 31.5. The van der Waals surface area contributed by atoms with Crippen molar-refractivity contribution in [3.05, 3.63) is 69.6 Å². The van der Waals surface area contributed by atoms with Crippen LogP contribution in [0.5, 0.6) is 5.75 Å². The molecule has 1 unspecified atom stereocenters. The lowest BCUT2D eigenvalue weighted by molar-refractivity contribution is 0.0942. The Labute approximate surface area is 176 Å². The van der Waals surface area contributed by atoms with Crippen LogP contribution in [0, 0.1) is 6.92 Å². The summed E-state index contributed by atoms with van der Waals surface area (Å²) in [5.41, 5.74) is 3.26. The van der Waals surface area contributed by atoms with E-state index >= 15 is 0 Å².